The molecule has 3 heteroatoms. The molecule has 0 aromatic heterocycles. The van der Waals surface area contributed by atoms with E-state index in [1.54, 1.807) is 12.1 Å². The Kier molecular flexibility index (Phi) is 5.51. The molecule has 4 rings (SSSR count). The van der Waals surface area contributed by atoms with Gasteiger partial charge in [0.2, 0.25) is 0 Å². The van der Waals surface area contributed by atoms with Gasteiger partial charge in [0.25, 0.3) is 0 Å². The summed E-state index contributed by atoms with van der Waals surface area (Å²) in [5.41, 5.74) is 3.28. The average Bonchev–Trinajstić information content (AvgIpc) is 2.72. The van der Waals surface area contributed by atoms with Gasteiger partial charge in [-0.05, 0) is 73.5 Å². The quantitative estimate of drug-likeness (QED) is 0.866. The highest BCUT2D eigenvalue weighted by atomic mass is 16.3. The first kappa shape index (κ1) is 18.5. The maximum absolute atomic E-state index is 9.48. The van der Waals surface area contributed by atoms with Crippen LogP contribution in [0.25, 0.3) is 0 Å². The van der Waals surface area contributed by atoms with Crippen LogP contribution < -0.4 is 0 Å². The molecule has 0 amide bonds. The Morgan fingerprint density at radius 3 is 2.33 bits per heavy atom. The van der Waals surface area contributed by atoms with E-state index in [0.29, 0.717) is 17.1 Å². The second kappa shape index (κ2) is 8.04. The Morgan fingerprint density at radius 1 is 0.963 bits per heavy atom. The normalized spacial score (nSPS) is 23.5. The van der Waals surface area contributed by atoms with E-state index in [9.17, 15) is 5.11 Å². The lowest BCUT2D eigenvalue weighted by Crippen LogP contribution is -2.51. The average molecular weight is 365 g/mol. The van der Waals surface area contributed by atoms with E-state index in [4.69, 9.17) is 0 Å². The molecule has 2 aromatic carbocycles. The van der Waals surface area contributed by atoms with Gasteiger partial charge in [0.05, 0.1) is 0 Å². The highest BCUT2D eigenvalue weighted by molar-refractivity contribution is 5.26. The van der Waals surface area contributed by atoms with Crippen LogP contribution in [-0.2, 0) is 6.54 Å². The number of hydrogen-bond donors (Lipinski definition) is 1. The number of likely N-dealkylation sites (tertiary alicyclic amines) is 2. The predicted octanol–water partition coefficient (Wildman–Crippen LogP) is 4.48. The third-order valence-corrected chi connectivity index (χ3v) is 6.69. The summed E-state index contributed by atoms with van der Waals surface area (Å²) >= 11 is 0. The number of likely N-dealkylation sites (N-methyl/N-ethyl adjacent to an activating group) is 1. The third-order valence-electron chi connectivity index (χ3n) is 6.69. The van der Waals surface area contributed by atoms with E-state index < -0.39 is 0 Å². The largest absolute Gasteiger partial charge is 0.508 e. The summed E-state index contributed by atoms with van der Waals surface area (Å²) < 4.78 is 0. The van der Waals surface area contributed by atoms with Gasteiger partial charge in [0.1, 0.15) is 5.75 Å². The minimum absolute atomic E-state index is 0.352. The molecule has 0 saturated carbocycles. The Labute approximate surface area is 163 Å². The van der Waals surface area contributed by atoms with E-state index in [1.807, 2.05) is 12.1 Å². The van der Waals surface area contributed by atoms with Crippen molar-refractivity contribution in [3.63, 3.8) is 0 Å². The van der Waals surface area contributed by atoms with Crippen LogP contribution in [0.1, 0.15) is 43.2 Å². The molecule has 0 aliphatic carbocycles. The van der Waals surface area contributed by atoms with E-state index in [2.05, 4.69) is 47.1 Å². The molecule has 144 valence electrons. The Hall–Kier alpha value is -1.84. The number of aromatic hydroxyl groups is 1. The van der Waals surface area contributed by atoms with Crippen molar-refractivity contribution in [3.05, 3.63) is 65.7 Å². The van der Waals surface area contributed by atoms with Gasteiger partial charge in [0, 0.05) is 19.6 Å². The molecule has 2 aliphatic heterocycles. The van der Waals surface area contributed by atoms with Gasteiger partial charge in [-0.25, -0.2) is 0 Å². The molecule has 2 saturated heterocycles. The maximum atomic E-state index is 9.48. The zero-order chi connectivity index (χ0) is 18.7. The van der Waals surface area contributed by atoms with Crippen molar-refractivity contribution in [2.24, 2.45) is 5.41 Å². The molecule has 1 spiro atoms. The van der Waals surface area contributed by atoms with Crippen molar-refractivity contribution < 1.29 is 5.11 Å². The van der Waals surface area contributed by atoms with Crippen LogP contribution in [0.5, 0.6) is 5.75 Å². The Morgan fingerprint density at radius 2 is 1.67 bits per heavy atom. The molecule has 2 heterocycles. The molecule has 1 atom stereocenters. The second-order valence-corrected chi connectivity index (χ2v) is 8.58. The number of benzene rings is 2. The molecule has 3 nitrogen and oxygen atoms in total. The van der Waals surface area contributed by atoms with Crippen molar-refractivity contribution in [3.8, 4) is 5.75 Å². The van der Waals surface area contributed by atoms with E-state index >= 15 is 0 Å². The number of nitrogens with zero attached hydrogens (tertiary/aromatic N) is 2. The summed E-state index contributed by atoms with van der Waals surface area (Å²) in [5.74, 6) is 1.02. The lowest BCUT2D eigenvalue weighted by Gasteiger charge is -2.50. The number of hydrogen-bond acceptors (Lipinski definition) is 3. The lowest BCUT2D eigenvalue weighted by molar-refractivity contribution is 0.0138. The van der Waals surface area contributed by atoms with Crippen LogP contribution in [0.15, 0.2) is 54.6 Å². The first-order valence-corrected chi connectivity index (χ1v) is 10.4. The van der Waals surface area contributed by atoms with Crippen LogP contribution in [0.3, 0.4) is 0 Å². The smallest absolute Gasteiger partial charge is 0.115 e. The van der Waals surface area contributed by atoms with Gasteiger partial charge in [-0.15, -0.1) is 0 Å². The summed E-state index contributed by atoms with van der Waals surface area (Å²) in [5, 5.41) is 9.48. The summed E-state index contributed by atoms with van der Waals surface area (Å²) in [6, 6.07) is 18.8. The summed E-state index contributed by atoms with van der Waals surface area (Å²) in [6.45, 7) is 9.29. The third kappa shape index (κ3) is 4.36. The standard InChI is InChI=1S/C24H32N2O/c1-2-25-18-22(21-6-4-3-5-7-21)16-24(19-25)12-14-26(15-13-24)17-20-8-10-23(27)11-9-20/h3-11,22,27H,2,12-19H2,1H3/t22-/m0/s1. The topological polar surface area (TPSA) is 26.7 Å². The molecule has 27 heavy (non-hydrogen) atoms. The highest BCUT2D eigenvalue weighted by Crippen LogP contribution is 2.45. The molecule has 0 unspecified atom stereocenters. The second-order valence-electron chi connectivity index (χ2n) is 8.58. The van der Waals surface area contributed by atoms with Crippen LogP contribution >= 0.6 is 0 Å². The van der Waals surface area contributed by atoms with Gasteiger partial charge in [0.15, 0.2) is 0 Å². The van der Waals surface area contributed by atoms with E-state index in [1.165, 1.54) is 56.6 Å². The van der Waals surface area contributed by atoms with Gasteiger partial charge in [-0.1, -0.05) is 49.4 Å². The number of rotatable bonds is 4. The van der Waals surface area contributed by atoms with Crippen molar-refractivity contribution in [1.29, 1.82) is 0 Å². The van der Waals surface area contributed by atoms with Gasteiger partial charge >= 0.3 is 0 Å². The SMILES string of the molecule is CCN1C[C@@H](c2ccccc2)CC2(CCN(Cc3ccc(O)cc3)CC2)C1. The van der Waals surface area contributed by atoms with Gasteiger partial charge < -0.3 is 10.0 Å². The zero-order valence-electron chi connectivity index (χ0n) is 16.5. The summed E-state index contributed by atoms with van der Waals surface area (Å²) in [7, 11) is 0. The summed E-state index contributed by atoms with van der Waals surface area (Å²) in [6.07, 6.45) is 3.93. The Balaban J connectivity index is 1.41. The van der Waals surface area contributed by atoms with Crippen molar-refractivity contribution in [2.75, 3.05) is 32.7 Å². The number of phenolic OH excluding ortho intramolecular Hbond substituents is 1. The van der Waals surface area contributed by atoms with Gasteiger partial charge in [-0.2, -0.15) is 0 Å². The molecule has 1 N–H and O–H groups in total. The fourth-order valence-electron chi connectivity index (χ4n) is 5.10. The first-order valence-electron chi connectivity index (χ1n) is 10.4. The molecule has 2 aliphatic rings. The molecular weight excluding hydrogens is 332 g/mol. The van der Waals surface area contributed by atoms with Crippen molar-refractivity contribution >= 4 is 0 Å². The van der Waals surface area contributed by atoms with Crippen LogP contribution in [-0.4, -0.2) is 47.6 Å². The Bertz CT molecular complexity index is 720. The fourth-order valence-corrected chi connectivity index (χ4v) is 5.10. The number of phenols is 1. The predicted molar refractivity (Wildman–Crippen MR) is 111 cm³/mol. The summed E-state index contributed by atoms with van der Waals surface area (Å²) in [4.78, 5) is 5.26. The van der Waals surface area contributed by atoms with Crippen molar-refractivity contribution in [2.45, 2.75) is 38.6 Å². The zero-order valence-corrected chi connectivity index (χ0v) is 16.5. The minimum Gasteiger partial charge on any atom is -0.508 e. The fraction of sp³-hybridized carbons (Fsp3) is 0.500. The molecule has 0 radical (unpaired) electrons. The molecule has 2 fully saturated rings. The van der Waals surface area contributed by atoms with Gasteiger partial charge in [-0.3, -0.25) is 4.90 Å². The van der Waals surface area contributed by atoms with Crippen molar-refractivity contribution in [1.82, 2.24) is 9.80 Å². The minimum atomic E-state index is 0.352. The number of piperidine rings is 2. The lowest BCUT2D eigenvalue weighted by atomic mass is 9.68. The molecule has 0 bridgehead atoms. The first-order chi connectivity index (χ1) is 13.2. The van der Waals surface area contributed by atoms with E-state index in [-0.39, 0.29) is 0 Å². The maximum Gasteiger partial charge on any atom is 0.115 e. The van der Waals surface area contributed by atoms with E-state index in [0.717, 1.165) is 13.1 Å². The van der Waals surface area contributed by atoms with Crippen LogP contribution in [0.2, 0.25) is 0 Å². The molecular formula is C24H32N2O. The van der Waals surface area contributed by atoms with Crippen LogP contribution in [0, 0.1) is 5.41 Å². The van der Waals surface area contributed by atoms with Crippen LogP contribution in [0.4, 0.5) is 0 Å². The monoisotopic (exact) mass is 364 g/mol. The highest BCUT2D eigenvalue weighted by Gasteiger charge is 2.41. The molecule has 2 aromatic rings.